The van der Waals surface area contributed by atoms with Crippen molar-refractivity contribution in [2.24, 2.45) is 0 Å². The molecule has 0 spiro atoms. The fraction of sp³-hybridized carbons (Fsp3) is 0.208. The van der Waals surface area contributed by atoms with Gasteiger partial charge in [0.05, 0.1) is 38.1 Å². The van der Waals surface area contributed by atoms with Crippen LogP contribution in [0.4, 0.5) is 11.4 Å². The van der Waals surface area contributed by atoms with Crippen molar-refractivity contribution in [1.82, 2.24) is 4.98 Å². The number of aromatic nitrogens is 1. The summed E-state index contributed by atoms with van der Waals surface area (Å²) < 4.78 is 16.4. The number of anilines is 2. The zero-order valence-corrected chi connectivity index (χ0v) is 17.2. The molecule has 6 heteroatoms. The van der Waals surface area contributed by atoms with E-state index in [2.05, 4.69) is 5.32 Å². The molecule has 1 heterocycles. The number of pyridine rings is 1. The summed E-state index contributed by atoms with van der Waals surface area (Å²) >= 11 is 0. The lowest BCUT2D eigenvalue weighted by Gasteiger charge is -2.16. The number of aliphatic hydroxyl groups excluding tert-OH is 1. The number of methoxy groups -OCH3 is 3. The average molecular weight is 404 g/mol. The quantitative estimate of drug-likeness (QED) is 0.435. The molecule has 30 heavy (non-hydrogen) atoms. The molecule has 0 aliphatic carbocycles. The Morgan fingerprint density at radius 3 is 2.17 bits per heavy atom. The predicted octanol–water partition coefficient (Wildman–Crippen LogP) is 4.69. The van der Waals surface area contributed by atoms with Gasteiger partial charge in [0.1, 0.15) is 5.75 Å². The van der Waals surface area contributed by atoms with Crippen LogP contribution in [0.5, 0.6) is 17.2 Å². The first-order valence-electron chi connectivity index (χ1n) is 9.67. The first-order valence-corrected chi connectivity index (χ1v) is 9.67. The molecule has 6 nitrogen and oxygen atoms in total. The SMILES string of the molecule is COc1ccc2nc3cc(OC)c(OC)cc3c(Nc3ccc(CCO)cc3)c2c1. The van der Waals surface area contributed by atoms with Crippen molar-refractivity contribution in [3.63, 3.8) is 0 Å². The van der Waals surface area contributed by atoms with Crippen molar-refractivity contribution in [3.05, 3.63) is 60.2 Å². The van der Waals surface area contributed by atoms with E-state index in [1.54, 1.807) is 21.3 Å². The first-order chi connectivity index (χ1) is 14.7. The van der Waals surface area contributed by atoms with Crippen LogP contribution < -0.4 is 19.5 Å². The number of fused-ring (bicyclic) bond motifs is 2. The van der Waals surface area contributed by atoms with Gasteiger partial charge in [-0.25, -0.2) is 4.98 Å². The monoisotopic (exact) mass is 404 g/mol. The molecule has 0 atom stereocenters. The van der Waals surface area contributed by atoms with Crippen LogP contribution in [0.25, 0.3) is 21.8 Å². The van der Waals surface area contributed by atoms with E-state index < -0.39 is 0 Å². The Kier molecular flexibility index (Phi) is 5.59. The fourth-order valence-electron chi connectivity index (χ4n) is 3.54. The first kappa shape index (κ1) is 19.8. The van der Waals surface area contributed by atoms with Gasteiger partial charge in [-0.3, -0.25) is 0 Å². The van der Waals surface area contributed by atoms with Gasteiger partial charge in [0.25, 0.3) is 0 Å². The molecule has 0 bridgehead atoms. The number of rotatable bonds is 7. The fourth-order valence-corrected chi connectivity index (χ4v) is 3.54. The molecule has 0 amide bonds. The Morgan fingerprint density at radius 1 is 0.800 bits per heavy atom. The van der Waals surface area contributed by atoms with Crippen molar-refractivity contribution in [3.8, 4) is 17.2 Å². The maximum absolute atomic E-state index is 9.15. The number of nitrogens with zero attached hydrogens (tertiary/aromatic N) is 1. The van der Waals surface area contributed by atoms with Crippen molar-refractivity contribution >= 4 is 33.2 Å². The van der Waals surface area contributed by atoms with E-state index >= 15 is 0 Å². The van der Waals surface area contributed by atoms with Crippen molar-refractivity contribution < 1.29 is 19.3 Å². The molecule has 2 N–H and O–H groups in total. The standard InChI is InChI=1S/C24H24N2O4/c1-28-17-8-9-20-18(12-17)24(25-16-6-4-15(5-7-16)10-11-27)19-13-22(29-2)23(30-3)14-21(19)26-20/h4-9,12-14,27H,10-11H2,1-3H3,(H,25,26). The summed E-state index contributed by atoms with van der Waals surface area (Å²) in [4.78, 5) is 4.82. The summed E-state index contributed by atoms with van der Waals surface area (Å²) in [6.07, 6.45) is 0.635. The Morgan fingerprint density at radius 2 is 1.50 bits per heavy atom. The summed E-state index contributed by atoms with van der Waals surface area (Å²) in [5.74, 6) is 2.02. The molecule has 4 aromatic rings. The van der Waals surface area contributed by atoms with E-state index in [0.29, 0.717) is 17.9 Å². The minimum absolute atomic E-state index is 0.133. The third-order valence-corrected chi connectivity index (χ3v) is 5.11. The van der Waals surface area contributed by atoms with E-state index in [9.17, 15) is 0 Å². The maximum atomic E-state index is 9.15. The molecule has 154 valence electrons. The van der Waals surface area contributed by atoms with Gasteiger partial charge in [0.2, 0.25) is 0 Å². The van der Waals surface area contributed by atoms with Gasteiger partial charge >= 0.3 is 0 Å². The molecule has 0 saturated carbocycles. The number of aliphatic hydroxyl groups is 1. The average Bonchev–Trinajstić information content (AvgIpc) is 2.79. The molecule has 1 aromatic heterocycles. The van der Waals surface area contributed by atoms with Gasteiger partial charge in [-0.2, -0.15) is 0 Å². The van der Waals surface area contributed by atoms with Crippen LogP contribution in [0.2, 0.25) is 0 Å². The highest BCUT2D eigenvalue weighted by Gasteiger charge is 2.15. The Labute approximate surface area is 175 Å². The molecule has 0 fully saturated rings. The Balaban J connectivity index is 1.93. The van der Waals surface area contributed by atoms with Crippen LogP contribution >= 0.6 is 0 Å². The number of benzene rings is 3. The topological polar surface area (TPSA) is 72.8 Å². The van der Waals surface area contributed by atoms with Crippen LogP contribution in [0.1, 0.15) is 5.56 Å². The highest BCUT2D eigenvalue weighted by molar-refractivity contribution is 6.09. The normalized spacial score (nSPS) is 10.9. The lowest BCUT2D eigenvalue weighted by molar-refractivity contribution is 0.299. The minimum atomic E-state index is 0.133. The smallest absolute Gasteiger partial charge is 0.162 e. The molecule has 0 radical (unpaired) electrons. The summed E-state index contributed by atoms with van der Waals surface area (Å²) in [6.45, 7) is 0.133. The maximum Gasteiger partial charge on any atom is 0.162 e. The molecular formula is C24H24N2O4. The second kappa shape index (κ2) is 8.47. The summed E-state index contributed by atoms with van der Waals surface area (Å²) in [6, 6.07) is 17.7. The zero-order chi connectivity index (χ0) is 21.1. The van der Waals surface area contributed by atoms with Crippen LogP contribution in [0.15, 0.2) is 54.6 Å². The van der Waals surface area contributed by atoms with Gasteiger partial charge in [0, 0.05) is 29.1 Å². The van der Waals surface area contributed by atoms with E-state index in [1.807, 2.05) is 54.6 Å². The summed E-state index contributed by atoms with van der Waals surface area (Å²) in [5, 5.41) is 14.5. The van der Waals surface area contributed by atoms with E-state index in [0.717, 1.165) is 44.5 Å². The molecule has 3 aromatic carbocycles. The highest BCUT2D eigenvalue weighted by Crippen LogP contribution is 2.40. The number of nitrogens with one attached hydrogen (secondary N) is 1. The van der Waals surface area contributed by atoms with E-state index in [4.69, 9.17) is 24.3 Å². The number of hydrogen-bond donors (Lipinski definition) is 2. The largest absolute Gasteiger partial charge is 0.497 e. The van der Waals surface area contributed by atoms with E-state index in [1.165, 1.54) is 0 Å². The highest BCUT2D eigenvalue weighted by atomic mass is 16.5. The third-order valence-electron chi connectivity index (χ3n) is 5.11. The molecule has 0 saturated heterocycles. The van der Waals surface area contributed by atoms with Gasteiger partial charge in [-0.1, -0.05) is 12.1 Å². The van der Waals surface area contributed by atoms with Crippen LogP contribution in [0.3, 0.4) is 0 Å². The number of hydrogen-bond acceptors (Lipinski definition) is 6. The van der Waals surface area contributed by atoms with Gasteiger partial charge in [0.15, 0.2) is 11.5 Å². The third kappa shape index (κ3) is 3.69. The lowest BCUT2D eigenvalue weighted by atomic mass is 10.1. The molecule has 4 rings (SSSR count). The Hall–Kier alpha value is -3.51. The number of ether oxygens (including phenoxy) is 3. The van der Waals surface area contributed by atoms with E-state index in [-0.39, 0.29) is 6.61 Å². The van der Waals surface area contributed by atoms with Crippen molar-refractivity contribution in [2.75, 3.05) is 33.3 Å². The van der Waals surface area contributed by atoms with Crippen LogP contribution in [-0.4, -0.2) is 38.0 Å². The second-order valence-electron chi connectivity index (χ2n) is 6.89. The van der Waals surface area contributed by atoms with Crippen LogP contribution in [-0.2, 0) is 6.42 Å². The molecule has 0 aliphatic heterocycles. The van der Waals surface area contributed by atoms with Gasteiger partial charge in [-0.15, -0.1) is 0 Å². The summed E-state index contributed by atoms with van der Waals surface area (Å²) in [7, 11) is 4.88. The predicted molar refractivity (Wildman–Crippen MR) is 119 cm³/mol. The summed E-state index contributed by atoms with van der Waals surface area (Å²) in [5.41, 5.74) is 4.56. The lowest BCUT2D eigenvalue weighted by Crippen LogP contribution is -1.98. The van der Waals surface area contributed by atoms with Crippen molar-refractivity contribution in [1.29, 1.82) is 0 Å². The van der Waals surface area contributed by atoms with Gasteiger partial charge < -0.3 is 24.6 Å². The molecule has 0 unspecified atom stereocenters. The van der Waals surface area contributed by atoms with Gasteiger partial charge in [-0.05, 0) is 48.4 Å². The molecular weight excluding hydrogens is 380 g/mol. The molecule has 0 aliphatic rings. The zero-order valence-electron chi connectivity index (χ0n) is 17.2. The Bertz CT molecular complexity index is 1190. The van der Waals surface area contributed by atoms with Crippen molar-refractivity contribution in [2.45, 2.75) is 6.42 Å². The second-order valence-corrected chi connectivity index (χ2v) is 6.89. The van der Waals surface area contributed by atoms with Crippen LogP contribution in [0, 0.1) is 0 Å². The minimum Gasteiger partial charge on any atom is -0.497 e.